The van der Waals surface area contributed by atoms with E-state index in [1.165, 1.54) is 16.4 Å². The Balaban J connectivity index is 2.39. The molecule has 20 heavy (non-hydrogen) atoms. The molecule has 1 aliphatic rings. The van der Waals surface area contributed by atoms with Crippen LogP contribution in [0.15, 0.2) is 23.1 Å². The summed E-state index contributed by atoms with van der Waals surface area (Å²) >= 11 is 1.73. The van der Waals surface area contributed by atoms with Crippen molar-refractivity contribution in [1.82, 2.24) is 4.31 Å². The van der Waals surface area contributed by atoms with Crippen molar-refractivity contribution in [3.05, 3.63) is 29.6 Å². The lowest BCUT2D eigenvalue weighted by Crippen LogP contribution is -2.44. The van der Waals surface area contributed by atoms with Crippen LogP contribution in [0.5, 0.6) is 0 Å². The first-order chi connectivity index (χ1) is 9.34. The zero-order valence-corrected chi connectivity index (χ0v) is 13.0. The minimum absolute atomic E-state index is 0.178. The molecule has 0 saturated carbocycles. The van der Waals surface area contributed by atoms with Gasteiger partial charge >= 0.3 is 0 Å². The molecule has 2 atom stereocenters. The van der Waals surface area contributed by atoms with Crippen LogP contribution in [0.2, 0.25) is 0 Å². The van der Waals surface area contributed by atoms with Crippen LogP contribution in [0, 0.1) is 5.82 Å². The number of sulfonamides is 1. The van der Waals surface area contributed by atoms with Crippen molar-refractivity contribution in [1.29, 1.82) is 0 Å². The molecule has 2 unspecified atom stereocenters. The summed E-state index contributed by atoms with van der Waals surface area (Å²) in [5, 5.41) is 9.44. The third-order valence-electron chi connectivity index (χ3n) is 3.18. The number of hydrogen-bond donors (Lipinski definition) is 1. The maximum absolute atomic E-state index is 13.9. The Morgan fingerprint density at radius 1 is 1.35 bits per heavy atom. The first-order valence-electron chi connectivity index (χ1n) is 6.39. The van der Waals surface area contributed by atoms with Crippen LogP contribution in [-0.2, 0) is 16.6 Å². The van der Waals surface area contributed by atoms with Gasteiger partial charge in [-0.2, -0.15) is 16.1 Å². The van der Waals surface area contributed by atoms with E-state index in [-0.39, 0.29) is 22.0 Å². The Kier molecular flexibility index (Phi) is 4.73. The summed E-state index contributed by atoms with van der Waals surface area (Å²) in [6.45, 7) is 4.36. The number of aliphatic hydroxyl groups excluding tert-OH is 1. The number of benzene rings is 1. The highest BCUT2D eigenvalue weighted by Crippen LogP contribution is 2.30. The average Bonchev–Trinajstić information content (AvgIpc) is 2.38. The summed E-state index contributed by atoms with van der Waals surface area (Å²) in [4.78, 5) is -0.352. The van der Waals surface area contributed by atoms with Gasteiger partial charge in [0, 0.05) is 23.6 Å². The Labute approximate surface area is 123 Å². The fourth-order valence-corrected chi connectivity index (χ4v) is 5.56. The molecule has 1 fully saturated rings. The number of hydrogen-bond acceptors (Lipinski definition) is 4. The van der Waals surface area contributed by atoms with Gasteiger partial charge in [0.05, 0.1) is 6.61 Å². The molecule has 0 bridgehead atoms. The maximum atomic E-state index is 13.9. The molecule has 7 heteroatoms. The largest absolute Gasteiger partial charge is 0.392 e. The Hall–Kier alpha value is -0.630. The lowest BCUT2D eigenvalue weighted by molar-refractivity contribution is 0.281. The van der Waals surface area contributed by atoms with Crippen LogP contribution in [0.25, 0.3) is 0 Å². The van der Waals surface area contributed by atoms with Crippen molar-refractivity contribution in [2.24, 2.45) is 0 Å². The first kappa shape index (κ1) is 15.8. The standard InChI is InChI=1S/C13H18FNO3S2/c1-9-6-15(7-10(2)19-9)20(17,18)13-5-11(8-16)3-4-12(13)14/h3-5,9-10,16H,6-8H2,1-2H3. The maximum Gasteiger partial charge on any atom is 0.246 e. The van der Waals surface area contributed by atoms with Gasteiger partial charge in [0.2, 0.25) is 10.0 Å². The molecule has 0 aliphatic carbocycles. The van der Waals surface area contributed by atoms with Gasteiger partial charge in [-0.15, -0.1) is 0 Å². The highest BCUT2D eigenvalue weighted by molar-refractivity contribution is 8.00. The second-order valence-corrected chi connectivity index (χ2v) is 8.79. The summed E-state index contributed by atoms with van der Waals surface area (Å²) in [6, 6.07) is 3.68. The molecular weight excluding hydrogens is 301 g/mol. The average molecular weight is 319 g/mol. The molecule has 1 heterocycles. The molecule has 4 nitrogen and oxygen atoms in total. The number of halogens is 1. The van der Waals surface area contributed by atoms with Gasteiger partial charge in [-0.1, -0.05) is 19.9 Å². The molecule has 0 spiro atoms. The van der Waals surface area contributed by atoms with Gasteiger partial charge in [-0.25, -0.2) is 12.8 Å². The molecule has 0 aromatic heterocycles. The fraction of sp³-hybridized carbons (Fsp3) is 0.538. The number of rotatable bonds is 3. The molecule has 1 aromatic carbocycles. The predicted octanol–water partition coefficient (Wildman–Crippen LogP) is 1.83. The number of nitrogens with zero attached hydrogens (tertiary/aromatic N) is 1. The van der Waals surface area contributed by atoms with Gasteiger partial charge in [-0.05, 0) is 17.7 Å². The van der Waals surface area contributed by atoms with Crippen LogP contribution in [-0.4, -0.2) is 41.4 Å². The predicted molar refractivity (Wildman–Crippen MR) is 77.6 cm³/mol. The van der Waals surface area contributed by atoms with E-state index in [4.69, 9.17) is 5.11 Å². The van der Waals surface area contributed by atoms with E-state index >= 15 is 0 Å². The Bertz CT molecular complexity index is 581. The van der Waals surface area contributed by atoms with Gasteiger partial charge in [0.15, 0.2) is 0 Å². The molecule has 1 aliphatic heterocycles. The quantitative estimate of drug-likeness (QED) is 0.923. The summed E-state index contributed by atoms with van der Waals surface area (Å²) < 4.78 is 40.3. The SMILES string of the molecule is CC1CN(S(=O)(=O)c2cc(CO)ccc2F)CC(C)S1. The van der Waals surface area contributed by atoms with E-state index in [0.29, 0.717) is 18.7 Å². The van der Waals surface area contributed by atoms with Gasteiger partial charge in [0.1, 0.15) is 10.7 Å². The van der Waals surface area contributed by atoms with Crippen molar-refractivity contribution in [3.63, 3.8) is 0 Å². The number of aliphatic hydroxyl groups is 1. The summed E-state index contributed by atoms with van der Waals surface area (Å²) in [7, 11) is -3.86. The van der Waals surface area contributed by atoms with Crippen molar-refractivity contribution >= 4 is 21.8 Å². The van der Waals surface area contributed by atoms with E-state index in [2.05, 4.69) is 0 Å². The Morgan fingerprint density at radius 2 is 1.95 bits per heavy atom. The summed E-state index contributed by atoms with van der Waals surface area (Å²) in [6.07, 6.45) is 0. The van der Waals surface area contributed by atoms with E-state index in [0.717, 1.165) is 6.07 Å². The van der Waals surface area contributed by atoms with Crippen molar-refractivity contribution < 1.29 is 17.9 Å². The first-order valence-corrected chi connectivity index (χ1v) is 8.77. The third kappa shape index (κ3) is 3.16. The van der Waals surface area contributed by atoms with E-state index in [9.17, 15) is 12.8 Å². The molecule has 0 amide bonds. The minimum atomic E-state index is -3.86. The molecule has 112 valence electrons. The number of thioether (sulfide) groups is 1. The smallest absolute Gasteiger partial charge is 0.246 e. The second kappa shape index (κ2) is 6.01. The van der Waals surface area contributed by atoms with Crippen LogP contribution >= 0.6 is 11.8 Å². The molecule has 1 aromatic rings. The fourth-order valence-electron chi connectivity index (χ4n) is 2.31. The van der Waals surface area contributed by atoms with Crippen LogP contribution in [0.3, 0.4) is 0 Å². The van der Waals surface area contributed by atoms with Crippen molar-refractivity contribution in [2.75, 3.05) is 13.1 Å². The lowest BCUT2D eigenvalue weighted by Gasteiger charge is -2.33. The minimum Gasteiger partial charge on any atom is -0.392 e. The van der Waals surface area contributed by atoms with Crippen LogP contribution in [0.1, 0.15) is 19.4 Å². The van der Waals surface area contributed by atoms with Crippen molar-refractivity contribution in [3.8, 4) is 0 Å². The van der Waals surface area contributed by atoms with E-state index in [1.807, 2.05) is 13.8 Å². The summed E-state index contributed by atoms with van der Waals surface area (Å²) in [5.74, 6) is -0.777. The monoisotopic (exact) mass is 319 g/mol. The molecular formula is C13H18FNO3S2. The van der Waals surface area contributed by atoms with Gasteiger partial charge in [0.25, 0.3) is 0 Å². The van der Waals surface area contributed by atoms with Gasteiger partial charge < -0.3 is 5.11 Å². The molecule has 1 saturated heterocycles. The zero-order valence-electron chi connectivity index (χ0n) is 11.4. The van der Waals surface area contributed by atoms with E-state index in [1.54, 1.807) is 11.8 Å². The molecule has 2 rings (SSSR count). The van der Waals surface area contributed by atoms with E-state index < -0.39 is 15.8 Å². The molecule has 0 radical (unpaired) electrons. The third-order valence-corrected chi connectivity index (χ3v) is 6.26. The summed E-state index contributed by atoms with van der Waals surface area (Å²) in [5.41, 5.74) is 0.387. The van der Waals surface area contributed by atoms with Crippen molar-refractivity contribution in [2.45, 2.75) is 35.8 Å². The zero-order chi connectivity index (χ0) is 14.9. The van der Waals surface area contributed by atoms with Crippen LogP contribution in [0.4, 0.5) is 4.39 Å². The molecule has 1 N–H and O–H groups in total. The highest BCUT2D eigenvalue weighted by Gasteiger charge is 2.33. The topological polar surface area (TPSA) is 57.6 Å². The second-order valence-electron chi connectivity index (χ2n) is 5.00. The lowest BCUT2D eigenvalue weighted by atomic mass is 10.2. The van der Waals surface area contributed by atoms with Crippen LogP contribution < -0.4 is 0 Å². The normalized spacial score (nSPS) is 24.8. The Morgan fingerprint density at radius 3 is 2.50 bits per heavy atom. The highest BCUT2D eigenvalue weighted by atomic mass is 32.2. The van der Waals surface area contributed by atoms with Gasteiger partial charge in [-0.3, -0.25) is 0 Å².